The average molecular weight is 345 g/mol. The third kappa shape index (κ3) is 5.92. The molecule has 0 bridgehead atoms. The van der Waals surface area contributed by atoms with E-state index in [9.17, 15) is 9.90 Å². The van der Waals surface area contributed by atoms with Gasteiger partial charge in [-0.25, -0.2) is 4.79 Å². The number of azide groups is 1. The topological polar surface area (TPSA) is 123 Å². The molecule has 1 aliphatic rings. The molecule has 24 heavy (non-hydrogen) atoms. The number of ether oxygens (including phenoxy) is 4. The number of carbonyl (C=O) groups excluding carboxylic acids is 1. The molecular formula is C15H27N3O6. The molecule has 0 spiro atoms. The molecule has 1 saturated heterocycles. The summed E-state index contributed by atoms with van der Waals surface area (Å²) in [5, 5.41) is 13.2. The van der Waals surface area contributed by atoms with Crippen LogP contribution in [-0.2, 0) is 23.7 Å². The SMILES string of the molecule is CCO[C@@H]1OC(CO)[C@@H](C)[C@H](OCC(=O)OC(C)(C)C)C1N=[N+]=[N-]. The van der Waals surface area contributed by atoms with Crippen LogP contribution in [0.4, 0.5) is 0 Å². The van der Waals surface area contributed by atoms with Gasteiger partial charge in [0.25, 0.3) is 0 Å². The number of hydrogen-bond donors (Lipinski definition) is 1. The van der Waals surface area contributed by atoms with Crippen LogP contribution in [0.1, 0.15) is 34.6 Å². The normalized spacial score (nSPS) is 30.5. The van der Waals surface area contributed by atoms with E-state index in [1.165, 1.54) is 0 Å². The minimum atomic E-state index is -0.845. The first-order valence-corrected chi connectivity index (χ1v) is 7.99. The molecule has 2 unspecified atom stereocenters. The summed E-state index contributed by atoms with van der Waals surface area (Å²) in [6, 6.07) is -0.768. The zero-order valence-corrected chi connectivity index (χ0v) is 14.8. The maximum atomic E-state index is 11.9. The Morgan fingerprint density at radius 2 is 2.04 bits per heavy atom. The molecule has 1 N–H and O–H groups in total. The lowest BCUT2D eigenvalue weighted by atomic mass is 9.89. The number of hydrogen-bond acceptors (Lipinski definition) is 7. The Morgan fingerprint density at radius 3 is 2.54 bits per heavy atom. The van der Waals surface area contributed by atoms with Crippen LogP contribution >= 0.6 is 0 Å². The first kappa shape index (κ1) is 20.7. The Labute approximate surface area is 141 Å². The van der Waals surface area contributed by atoms with Crippen LogP contribution in [0.2, 0.25) is 0 Å². The van der Waals surface area contributed by atoms with Crippen molar-refractivity contribution in [2.75, 3.05) is 19.8 Å². The number of nitrogens with zero attached hydrogens (tertiary/aromatic N) is 3. The van der Waals surface area contributed by atoms with Crippen molar-refractivity contribution in [3.63, 3.8) is 0 Å². The van der Waals surface area contributed by atoms with Crippen LogP contribution in [-0.4, -0.2) is 61.0 Å². The van der Waals surface area contributed by atoms with Crippen LogP contribution in [0.15, 0.2) is 5.11 Å². The van der Waals surface area contributed by atoms with E-state index in [2.05, 4.69) is 10.0 Å². The third-order valence-corrected chi connectivity index (χ3v) is 3.54. The van der Waals surface area contributed by atoms with Crippen molar-refractivity contribution in [2.24, 2.45) is 11.0 Å². The Bertz CT molecular complexity index is 461. The van der Waals surface area contributed by atoms with Crippen LogP contribution in [0.5, 0.6) is 0 Å². The lowest BCUT2D eigenvalue weighted by molar-refractivity contribution is -0.255. The van der Waals surface area contributed by atoms with E-state index in [-0.39, 0.29) is 19.1 Å². The first-order valence-electron chi connectivity index (χ1n) is 7.99. The summed E-state index contributed by atoms with van der Waals surface area (Å²) in [7, 11) is 0. The number of esters is 1. The summed E-state index contributed by atoms with van der Waals surface area (Å²) in [6.45, 7) is 8.67. The second-order valence-electron chi connectivity index (χ2n) is 6.60. The van der Waals surface area contributed by atoms with Crippen molar-refractivity contribution >= 4 is 5.97 Å². The molecular weight excluding hydrogens is 318 g/mol. The molecule has 9 nitrogen and oxygen atoms in total. The molecule has 0 radical (unpaired) electrons. The third-order valence-electron chi connectivity index (χ3n) is 3.54. The molecule has 0 aromatic heterocycles. The van der Waals surface area contributed by atoms with Crippen molar-refractivity contribution < 1.29 is 28.8 Å². The Morgan fingerprint density at radius 1 is 1.38 bits per heavy atom. The van der Waals surface area contributed by atoms with Gasteiger partial charge in [0.2, 0.25) is 0 Å². The minimum Gasteiger partial charge on any atom is -0.458 e. The fraction of sp³-hybridized carbons (Fsp3) is 0.933. The summed E-state index contributed by atoms with van der Waals surface area (Å²) < 4.78 is 22.0. The van der Waals surface area contributed by atoms with Crippen molar-refractivity contribution in [3.8, 4) is 0 Å². The van der Waals surface area contributed by atoms with E-state index in [0.717, 1.165) is 0 Å². The summed E-state index contributed by atoms with van der Waals surface area (Å²) in [6.07, 6.45) is -2.03. The second-order valence-corrected chi connectivity index (χ2v) is 6.60. The maximum absolute atomic E-state index is 11.9. The summed E-state index contributed by atoms with van der Waals surface area (Å²) in [5.41, 5.74) is 8.19. The molecule has 0 saturated carbocycles. The zero-order chi connectivity index (χ0) is 18.3. The summed E-state index contributed by atoms with van der Waals surface area (Å²) >= 11 is 0. The average Bonchev–Trinajstić information content (AvgIpc) is 2.47. The zero-order valence-electron chi connectivity index (χ0n) is 14.8. The molecule has 1 rings (SSSR count). The smallest absolute Gasteiger partial charge is 0.332 e. The van der Waals surface area contributed by atoms with Gasteiger partial charge in [0.1, 0.15) is 18.2 Å². The number of aliphatic hydroxyl groups is 1. The van der Waals surface area contributed by atoms with Gasteiger partial charge in [-0.05, 0) is 33.2 Å². The number of carbonyl (C=O) groups is 1. The van der Waals surface area contributed by atoms with E-state index in [1.54, 1.807) is 34.6 Å². The highest BCUT2D eigenvalue weighted by Gasteiger charge is 2.44. The predicted molar refractivity (Wildman–Crippen MR) is 85.1 cm³/mol. The van der Waals surface area contributed by atoms with E-state index < -0.39 is 36.1 Å². The van der Waals surface area contributed by atoms with Gasteiger partial charge in [-0.15, -0.1) is 0 Å². The van der Waals surface area contributed by atoms with Crippen LogP contribution in [0.3, 0.4) is 0 Å². The molecule has 138 valence electrons. The Kier molecular flexibility index (Phi) is 7.92. The van der Waals surface area contributed by atoms with Gasteiger partial charge in [-0.1, -0.05) is 12.0 Å². The standard InChI is InChI=1S/C15H27N3O6/c1-6-21-14-12(17-18-16)13(9(2)10(7-19)23-14)22-8-11(20)24-15(3,4)5/h9-10,12-14,19H,6-8H2,1-5H3/t9-,10?,12?,13+,14-/m1/s1. The van der Waals surface area contributed by atoms with Gasteiger partial charge in [-0.3, -0.25) is 0 Å². The van der Waals surface area contributed by atoms with E-state index in [4.69, 9.17) is 24.5 Å². The minimum absolute atomic E-state index is 0.236. The molecule has 0 amide bonds. The van der Waals surface area contributed by atoms with Gasteiger partial charge < -0.3 is 24.1 Å². The monoisotopic (exact) mass is 345 g/mol. The molecule has 1 aliphatic heterocycles. The van der Waals surface area contributed by atoms with Gasteiger partial charge >= 0.3 is 5.97 Å². The first-order chi connectivity index (χ1) is 11.2. The van der Waals surface area contributed by atoms with Gasteiger partial charge in [0, 0.05) is 17.4 Å². The fourth-order valence-corrected chi connectivity index (χ4v) is 2.53. The lowest BCUT2D eigenvalue weighted by Crippen LogP contribution is -2.55. The number of aliphatic hydroxyl groups excluding tert-OH is 1. The van der Waals surface area contributed by atoms with Crippen LogP contribution in [0.25, 0.3) is 10.4 Å². The largest absolute Gasteiger partial charge is 0.458 e. The van der Waals surface area contributed by atoms with E-state index in [0.29, 0.717) is 6.61 Å². The highest BCUT2D eigenvalue weighted by Crippen LogP contribution is 2.31. The maximum Gasteiger partial charge on any atom is 0.332 e. The molecule has 5 atom stereocenters. The highest BCUT2D eigenvalue weighted by molar-refractivity contribution is 5.71. The van der Waals surface area contributed by atoms with Crippen molar-refractivity contribution in [2.45, 2.75) is 64.8 Å². The van der Waals surface area contributed by atoms with Crippen molar-refractivity contribution in [1.29, 1.82) is 0 Å². The Hall–Kier alpha value is -1.38. The number of rotatable bonds is 7. The van der Waals surface area contributed by atoms with Crippen LogP contribution < -0.4 is 0 Å². The Balaban J connectivity index is 2.86. The van der Waals surface area contributed by atoms with Crippen molar-refractivity contribution in [1.82, 2.24) is 0 Å². The molecule has 0 aromatic rings. The lowest BCUT2D eigenvalue weighted by Gasteiger charge is -2.43. The van der Waals surface area contributed by atoms with Gasteiger partial charge in [-0.2, -0.15) is 0 Å². The van der Waals surface area contributed by atoms with E-state index in [1.807, 2.05) is 0 Å². The summed E-state index contributed by atoms with van der Waals surface area (Å²) in [5.74, 6) is -0.820. The van der Waals surface area contributed by atoms with Gasteiger partial charge in [0.05, 0.1) is 18.8 Å². The van der Waals surface area contributed by atoms with E-state index >= 15 is 0 Å². The molecule has 0 aromatic carbocycles. The molecule has 1 fully saturated rings. The van der Waals surface area contributed by atoms with Crippen molar-refractivity contribution in [3.05, 3.63) is 10.4 Å². The quantitative estimate of drug-likeness (QED) is 0.325. The second kappa shape index (κ2) is 9.19. The van der Waals surface area contributed by atoms with Gasteiger partial charge in [0.15, 0.2) is 6.29 Å². The predicted octanol–water partition coefficient (Wildman–Crippen LogP) is 1.78. The molecule has 9 heteroatoms. The molecule has 0 aliphatic carbocycles. The fourth-order valence-electron chi connectivity index (χ4n) is 2.53. The summed E-state index contributed by atoms with van der Waals surface area (Å²) in [4.78, 5) is 14.7. The molecule has 1 heterocycles. The van der Waals surface area contributed by atoms with Crippen LogP contribution in [0, 0.1) is 5.92 Å². The highest BCUT2D eigenvalue weighted by atomic mass is 16.7.